The van der Waals surface area contributed by atoms with Gasteiger partial charge in [0.05, 0.1) is 17.8 Å². The van der Waals surface area contributed by atoms with Crippen molar-refractivity contribution >= 4 is 22.8 Å². The fourth-order valence-electron chi connectivity index (χ4n) is 2.97. The molecular formula is C19H22N4O2. The van der Waals surface area contributed by atoms with Crippen LogP contribution in [0.3, 0.4) is 0 Å². The van der Waals surface area contributed by atoms with Gasteiger partial charge in [0.15, 0.2) is 5.82 Å². The number of rotatable bonds is 3. The summed E-state index contributed by atoms with van der Waals surface area (Å²) in [5.74, 6) is 1.20. The second-order valence-electron chi connectivity index (χ2n) is 6.20. The van der Waals surface area contributed by atoms with E-state index in [2.05, 4.69) is 43.3 Å². The minimum atomic E-state index is -0.507. The Morgan fingerprint density at radius 3 is 2.60 bits per heavy atom. The van der Waals surface area contributed by atoms with E-state index in [1.54, 1.807) is 17.7 Å². The number of carbonyl (C=O) groups is 1. The molecular weight excluding hydrogens is 316 g/mol. The van der Waals surface area contributed by atoms with E-state index < -0.39 is 6.09 Å². The Hall–Kier alpha value is -2.89. The highest BCUT2D eigenvalue weighted by molar-refractivity contribution is 5.87. The second kappa shape index (κ2) is 6.55. The summed E-state index contributed by atoms with van der Waals surface area (Å²) >= 11 is 0. The molecule has 0 bridgehead atoms. The molecule has 0 fully saturated rings. The summed E-state index contributed by atoms with van der Waals surface area (Å²) in [6.07, 6.45) is -0.507. The molecule has 0 saturated carbocycles. The summed E-state index contributed by atoms with van der Waals surface area (Å²) < 4.78 is 6.60. The predicted molar refractivity (Wildman–Crippen MR) is 98.5 cm³/mol. The van der Waals surface area contributed by atoms with Crippen LogP contribution in [0.4, 0.5) is 10.6 Å². The van der Waals surface area contributed by atoms with Gasteiger partial charge in [-0.05, 0) is 57.9 Å². The third-order valence-corrected chi connectivity index (χ3v) is 4.00. The molecule has 0 spiro atoms. The Labute approximate surface area is 146 Å². The van der Waals surface area contributed by atoms with Gasteiger partial charge in [-0.25, -0.2) is 9.78 Å². The minimum Gasteiger partial charge on any atom is -0.450 e. The number of pyridine rings is 1. The van der Waals surface area contributed by atoms with E-state index in [0.717, 1.165) is 27.7 Å². The molecule has 1 amide bonds. The molecule has 2 heterocycles. The first kappa shape index (κ1) is 17.0. The quantitative estimate of drug-likeness (QED) is 0.776. The molecule has 2 aromatic heterocycles. The van der Waals surface area contributed by atoms with Crippen LogP contribution in [0.5, 0.6) is 0 Å². The van der Waals surface area contributed by atoms with Crippen LogP contribution in [-0.2, 0) is 4.74 Å². The average molecular weight is 338 g/mol. The van der Waals surface area contributed by atoms with Crippen molar-refractivity contribution in [2.75, 3.05) is 11.9 Å². The molecule has 3 aromatic rings. The van der Waals surface area contributed by atoms with Gasteiger partial charge in [0, 0.05) is 11.5 Å². The lowest BCUT2D eigenvalue weighted by atomic mass is 10.0. The molecule has 130 valence electrons. The summed E-state index contributed by atoms with van der Waals surface area (Å²) in [5.41, 5.74) is 5.16. The number of aryl methyl sites for hydroxylation is 4. The number of ether oxygens (including phenoxy) is 1. The molecule has 0 atom stereocenters. The third-order valence-electron chi connectivity index (χ3n) is 4.00. The highest BCUT2D eigenvalue weighted by Gasteiger charge is 2.14. The number of amides is 1. The second-order valence-corrected chi connectivity index (χ2v) is 6.20. The molecule has 0 radical (unpaired) electrons. The zero-order valence-electron chi connectivity index (χ0n) is 15.2. The summed E-state index contributed by atoms with van der Waals surface area (Å²) in [6, 6.07) is 8.02. The lowest BCUT2D eigenvalue weighted by Gasteiger charge is -2.12. The summed E-state index contributed by atoms with van der Waals surface area (Å²) in [6.45, 7) is 10.1. The predicted octanol–water partition coefficient (Wildman–Crippen LogP) is 4.22. The zero-order valence-corrected chi connectivity index (χ0v) is 15.2. The fourth-order valence-corrected chi connectivity index (χ4v) is 2.97. The van der Waals surface area contributed by atoms with E-state index in [0.29, 0.717) is 18.2 Å². The summed E-state index contributed by atoms with van der Waals surface area (Å²) in [7, 11) is 0. The maximum Gasteiger partial charge on any atom is 0.412 e. The topological polar surface area (TPSA) is 69.0 Å². The number of carbonyl (C=O) groups excluding carboxylic acids is 1. The summed E-state index contributed by atoms with van der Waals surface area (Å²) in [5, 5.41) is 8.32. The van der Waals surface area contributed by atoms with Crippen molar-refractivity contribution in [3.05, 3.63) is 46.6 Å². The molecule has 0 aliphatic heterocycles. The Bertz CT molecular complexity index is 960. The van der Waals surface area contributed by atoms with Crippen LogP contribution < -0.4 is 5.32 Å². The normalized spacial score (nSPS) is 10.9. The molecule has 6 nitrogen and oxygen atoms in total. The minimum absolute atomic E-state index is 0.310. The van der Waals surface area contributed by atoms with Crippen molar-refractivity contribution in [3.8, 4) is 5.82 Å². The highest BCUT2D eigenvalue weighted by atomic mass is 16.5. The number of nitrogens with zero attached hydrogens (tertiary/aromatic N) is 3. The van der Waals surface area contributed by atoms with Gasteiger partial charge in [0.2, 0.25) is 0 Å². The largest absolute Gasteiger partial charge is 0.450 e. The number of hydrogen-bond donors (Lipinski definition) is 1. The Kier molecular flexibility index (Phi) is 4.44. The number of fused-ring (bicyclic) bond motifs is 1. The Morgan fingerprint density at radius 1 is 1.12 bits per heavy atom. The third kappa shape index (κ3) is 3.33. The number of aromatic nitrogens is 3. The van der Waals surface area contributed by atoms with Crippen molar-refractivity contribution in [2.45, 2.75) is 34.6 Å². The van der Waals surface area contributed by atoms with Crippen LogP contribution in [0, 0.1) is 27.7 Å². The van der Waals surface area contributed by atoms with Crippen LogP contribution in [0.2, 0.25) is 0 Å². The Morgan fingerprint density at radius 2 is 1.88 bits per heavy atom. The van der Waals surface area contributed by atoms with Gasteiger partial charge in [0.1, 0.15) is 5.82 Å². The van der Waals surface area contributed by atoms with Crippen molar-refractivity contribution < 1.29 is 9.53 Å². The lowest BCUT2D eigenvalue weighted by molar-refractivity contribution is 0.167. The number of benzene rings is 1. The molecule has 1 aromatic carbocycles. The van der Waals surface area contributed by atoms with E-state index in [9.17, 15) is 4.79 Å². The fraction of sp³-hybridized carbons (Fsp3) is 0.316. The van der Waals surface area contributed by atoms with Gasteiger partial charge < -0.3 is 4.74 Å². The molecule has 1 N–H and O–H groups in total. The molecule has 0 saturated heterocycles. The van der Waals surface area contributed by atoms with Gasteiger partial charge >= 0.3 is 6.09 Å². The van der Waals surface area contributed by atoms with E-state index in [4.69, 9.17) is 9.72 Å². The van der Waals surface area contributed by atoms with Crippen LogP contribution in [0.15, 0.2) is 24.3 Å². The molecule has 0 unspecified atom stereocenters. The highest BCUT2D eigenvalue weighted by Crippen LogP contribution is 2.25. The van der Waals surface area contributed by atoms with Gasteiger partial charge in [0.25, 0.3) is 0 Å². The molecule has 6 heteroatoms. The first-order valence-electron chi connectivity index (χ1n) is 8.28. The molecule has 0 aliphatic carbocycles. The van der Waals surface area contributed by atoms with Crippen molar-refractivity contribution in [1.82, 2.24) is 14.8 Å². The zero-order chi connectivity index (χ0) is 18.1. The summed E-state index contributed by atoms with van der Waals surface area (Å²) in [4.78, 5) is 16.6. The molecule has 0 aliphatic rings. The molecule has 25 heavy (non-hydrogen) atoms. The first-order valence-corrected chi connectivity index (χ1v) is 8.28. The first-order chi connectivity index (χ1) is 11.9. The van der Waals surface area contributed by atoms with Gasteiger partial charge in [-0.15, -0.1) is 0 Å². The monoisotopic (exact) mass is 338 g/mol. The van der Waals surface area contributed by atoms with Gasteiger partial charge in [-0.1, -0.05) is 11.6 Å². The van der Waals surface area contributed by atoms with Gasteiger partial charge in [-0.2, -0.15) is 9.78 Å². The van der Waals surface area contributed by atoms with Crippen LogP contribution in [-0.4, -0.2) is 27.5 Å². The van der Waals surface area contributed by atoms with Crippen molar-refractivity contribution in [1.29, 1.82) is 0 Å². The van der Waals surface area contributed by atoms with Crippen molar-refractivity contribution in [2.24, 2.45) is 0 Å². The van der Waals surface area contributed by atoms with E-state index >= 15 is 0 Å². The number of nitrogens with one attached hydrogen (secondary N) is 1. The number of anilines is 1. The SMILES string of the molecule is CCOC(=O)Nc1cc(C)nn1-c1cc(C)c2cc(C)cc(C)c2n1. The number of hydrogen-bond acceptors (Lipinski definition) is 4. The Balaban J connectivity index is 2.12. The maximum absolute atomic E-state index is 11.8. The standard InChI is InChI=1S/C19H22N4O2/c1-6-25-19(24)21-17-10-14(5)22-23(17)16-9-12(3)15-8-11(2)7-13(4)18(15)20-16/h7-10H,6H2,1-5H3,(H,21,24). The van der Waals surface area contributed by atoms with Crippen LogP contribution in [0.1, 0.15) is 29.3 Å². The maximum atomic E-state index is 11.8. The van der Waals surface area contributed by atoms with E-state index in [1.807, 2.05) is 13.0 Å². The lowest BCUT2D eigenvalue weighted by Crippen LogP contribution is -2.16. The average Bonchev–Trinajstić information content (AvgIpc) is 2.88. The molecule has 3 rings (SSSR count). The van der Waals surface area contributed by atoms with Crippen molar-refractivity contribution in [3.63, 3.8) is 0 Å². The van der Waals surface area contributed by atoms with Crippen LogP contribution >= 0.6 is 0 Å². The van der Waals surface area contributed by atoms with Gasteiger partial charge in [-0.3, -0.25) is 5.32 Å². The van der Waals surface area contributed by atoms with Crippen LogP contribution in [0.25, 0.3) is 16.7 Å². The van der Waals surface area contributed by atoms with E-state index in [1.165, 1.54) is 5.56 Å². The van der Waals surface area contributed by atoms with E-state index in [-0.39, 0.29) is 0 Å². The smallest absolute Gasteiger partial charge is 0.412 e.